The molecule has 0 aliphatic carbocycles. The number of rotatable bonds is 6. The first-order valence-electron chi connectivity index (χ1n) is 10.7. The van der Waals surface area contributed by atoms with Crippen LogP contribution in [0.2, 0.25) is 0 Å². The standard InChI is InChI=1S/C24H25N3O7S/c1-7-34-23(30)15-11(2)35-20(19(15)28)16-17-21(26(3)24(31)27(4)22(17)29)25-18(16)12-8-9-13(32-5)14(10-12)33-6/h8-10,25,28H,7H2,1-6H3. The molecule has 0 aliphatic heterocycles. The minimum Gasteiger partial charge on any atom is -0.505 e. The second-order valence-electron chi connectivity index (χ2n) is 7.81. The summed E-state index contributed by atoms with van der Waals surface area (Å²) in [4.78, 5) is 42.5. The minimum absolute atomic E-state index is 0.0427. The lowest BCUT2D eigenvalue weighted by molar-refractivity contribution is 0.0523. The Morgan fingerprint density at radius 2 is 1.80 bits per heavy atom. The first-order valence-corrected chi connectivity index (χ1v) is 11.5. The molecule has 0 saturated heterocycles. The molecule has 0 bridgehead atoms. The van der Waals surface area contributed by atoms with E-state index in [2.05, 4.69) is 4.98 Å². The number of thiophene rings is 1. The van der Waals surface area contributed by atoms with Gasteiger partial charge in [0, 0.05) is 30.1 Å². The number of aromatic nitrogens is 3. The Hall–Kier alpha value is -3.99. The average molecular weight is 500 g/mol. The van der Waals surface area contributed by atoms with Crippen molar-refractivity contribution in [2.75, 3.05) is 20.8 Å². The van der Waals surface area contributed by atoms with Gasteiger partial charge < -0.3 is 24.3 Å². The van der Waals surface area contributed by atoms with Crippen LogP contribution in [0.15, 0.2) is 27.8 Å². The third-order valence-corrected chi connectivity index (χ3v) is 6.96. The number of carbonyl (C=O) groups excluding carboxylic acids is 1. The molecule has 0 aliphatic rings. The van der Waals surface area contributed by atoms with E-state index in [-0.39, 0.29) is 29.0 Å². The molecule has 4 rings (SSSR count). The quantitative estimate of drug-likeness (QED) is 0.391. The maximum Gasteiger partial charge on any atom is 0.343 e. The number of ether oxygens (including phenoxy) is 3. The highest BCUT2D eigenvalue weighted by molar-refractivity contribution is 7.16. The van der Waals surface area contributed by atoms with Gasteiger partial charge in [-0.05, 0) is 32.0 Å². The van der Waals surface area contributed by atoms with E-state index in [9.17, 15) is 19.5 Å². The van der Waals surface area contributed by atoms with Crippen LogP contribution in [0.25, 0.3) is 32.7 Å². The largest absolute Gasteiger partial charge is 0.505 e. The van der Waals surface area contributed by atoms with Crippen molar-refractivity contribution in [2.24, 2.45) is 14.1 Å². The van der Waals surface area contributed by atoms with Gasteiger partial charge in [-0.25, -0.2) is 9.59 Å². The molecule has 3 heterocycles. The molecule has 0 radical (unpaired) electrons. The van der Waals surface area contributed by atoms with Crippen molar-refractivity contribution in [1.82, 2.24) is 14.1 Å². The fraction of sp³-hybridized carbons (Fsp3) is 0.292. The molecule has 1 aromatic carbocycles. The van der Waals surface area contributed by atoms with E-state index in [0.717, 1.165) is 15.9 Å². The maximum absolute atomic E-state index is 13.3. The van der Waals surface area contributed by atoms with Crippen LogP contribution < -0.4 is 20.7 Å². The fourth-order valence-electron chi connectivity index (χ4n) is 4.10. The van der Waals surface area contributed by atoms with Crippen molar-refractivity contribution >= 4 is 28.3 Å². The number of carbonyl (C=O) groups is 1. The monoisotopic (exact) mass is 499 g/mol. The van der Waals surface area contributed by atoms with E-state index in [0.29, 0.717) is 38.1 Å². The van der Waals surface area contributed by atoms with Crippen LogP contribution in [-0.2, 0) is 18.8 Å². The van der Waals surface area contributed by atoms with E-state index >= 15 is 0 Å². The van der Waals surface area contributed by atoms with Crippen molar-refractivity contribution in [3.05, 3.63) is 49.5 Å². The van der Waals surface area contributed by atoms with Crippen molar-refractivity contribution < 1.29 is 24.1 Å². The Labute approximate surface area is 203 Å². The fourth-order valence-corrected chi connectivity index (χ4v) is 5.20. The van der Waals surface area contributed by atoms with Crippen molar-refractivity contribution in [1.29, 1.82) is 0 Å². The van der Waals surface area contributed by atoms with Crippen molar-refractivity contribution in [3.63, 3.8) is 0 Å². The first-order chi connectivity index (χ1) is 16.7. The number of aromatic amines is 1. The Kier molecular flexibility index (Phi) is 6.20. The smallest absolute Gasteiger partial charge is 0.343 e. The third kappa shape index (κ3) is 3.68. The summed E-state index contributed by atoms with van der Waals surface area (Å²) in [5, 5.41) is 11.4. The van der Waals surface area contributed by atoms with E-state index in [4.69, 9.17) is 14.2 Å². The van der Waals surface area contributed by atoms with Crippen LogP contribution >= 0.6 is 11.3 Å². The molecular weight excluding hydrogens is 474 g/mol. The average Bonchev–Trinajstić information content (AvgIpc) is 3.38. The molecular formula is C24H25N3O7S. The highest BCUT2D eigenvalue weighted by Crippen LogP contribution is 2.48. The summed E-state index contributed by atoms with van der Waals surface area (Å²) >= 11 is 1.16. The van der Waals surface area contributed by atoms with Gasteiger partial charge in [-0.2, -0.15) is 0 Å². The van der Waals surface area contributed by atoms with Crippen molar-refractivity contribution in [2.45, 2.75) is 13.8 Å². The third-order valence-electron chi connectivity index (χ3n) is 5.85. The summed E-state index contributed by atoms with van der Waals surface area (Å²) in [5.74, 6) is 0.0223. The van der Waals surface area contributed by atoms with Crippen molar-refractivity contribution in [3.8, 4) is 38.9 Å². The molecule has 11 heteroatoms. The molecule has 0 fully saturated rings. The molecule has 35 heavy (non-hydrogen) atoms. The summed E-state index contributed by atoms with van der Waals surface area (Å²) in [7, 11) is 5.97. The molecule has 0 amide bonds. The van der Waals surface area contributed by atoms with Gasteiger partial charge in [0.1, 0.15) is 17.0 Å². The zero-order chi connectivity index (χ0) is 25.6. The number of aryl methyl sites for hydroxylation is 2. The molecule has 10 nitrogen and oxygen atoms in total. The zero-order valence-corrected chi connectivity index (χ0v) is 21.0. The molecule has 0 saturated carbocycles. The van der Waals surface area contributed by atoms with Crippen LogP contribution in [0.3, 0.4) is 0 Å². The first kappa shape index (κ1) is 24.1. The van der Waals surface area contributed by atoms with E-state index in [1.165, 1.54) is 25.8 Å². The molecule has 3 aromatic heterocycles. The minimum atomic E-state index is -0.655. The van der Waals surface area contributed by atoms with E-state index < -0.39 is 17.2 Å². The number of hydrogen-bond acceptors (Lipinski definition) is 8. The maximum atomic E-state index is 13.3. The molecule has 4 aromatic rings. The lowest BCUT2D eigenvalue weighted by Crippen LogP contribution is -2.36. The summed E-state index contributed by atoms with van der Waals surface area (Å²) in [5.41, 5.74) is 0.724. The number of nitrogens with one attached hydrogen (secondary N) is 1. The highest BCUT2D eigenvalue weighted by atomic mass is 32.1. The van der Waals surface area contributed by atoms with Crippen LogP contribution in [0.1, 0.15) is 22.2 Å². The summed E-state index contributed by atoms with van der Waals surface area (Å²) in [6.45, 7) is 3.52. The van der Waals surface area contributed by atoms with Gasteiger partial charge >= 0.3 is 11.7 Å². The molecule has 2 N–H and O–H groups in total. The number of esters is 1. The SMILES string of the molecule is CCOC(=O)c1c(C)sc(-c2c(-c3ccc(OC)c(OC)c3)[nH]c3c2c(=O)n(C)c(=O)n3C)c1O. The van der Waals surface area contributed by atoms with E-state index in [1.54, 1.807) is 39.1 Å². The number of aromatic hydroxyl groups is 1. The van der Waals surface area contributed by atoms with Gasteiger partial charge in [-0.3, -0.25) is 13.9 Å². The topological polar surface area (TPSA) is 125 Å². The summed E-state index contributed by atoms with van der Waals surface area (Å²) in [6.07, 6.45) is 0. The predicted molar refractivity (Wildman–Crippen MR) is 133 cm³/mol. The number of nitrogens with zero attached hydrogens (tertiary/aromatic N) is 2. The summed E-state index contributed by atoms with van der Waals surface area (Å²) < 4.78 is 18.2. The molecule has 0 spiro atoms. The Morgan fingerprint density at radius 3 is 2.43 bits per heavy atom. The van der Waals surface area contributed by atoms with Crippen LogP contribution in [0, 0.1) is 6.92 Å². The van der Waals surface area contributed by atoms with Gasteiger partial charge in [0.2, 0.25) is 0 Å². The number of hydrogen-bond donors (Lipinski definition) is 2. The van der Waals surface area contributed by atoms with Gasteiger partial charge in [0.25, 0.3) is 5.56 Å². The van der Waals surface area contributed by atoms with Crippen LogP contribution in [0.4, 0.5) is 0 Å². The van der Waals surface area contributed by atoms with Gasteiger partial charge in [0.05, 0.1) is 36.8 Å². The number of fused-ring (bicyclic) bond motifs is 1. The highest BCUT2D eigenvalue weighted by Gasteiger charge is 2.29. The van der Waals surface area contributed by atoms with Crippen LogP contribution in [0.5, 0.6) is 17.2 Å². The van der Waals surface area contributed by atoms with Gasteiger partial charge in [0.15, 0.2) is 11.5 Å². The lowest BCUT2D eigenvalue weighted by atomic mass is 10.0. The number of benzene rings is 1. The van der Waals surface area contributed by atoms with Gasteiger partial charge in [-0.1, -0.05) is 0 Å². The normalized spacial score (nSPS) is 11.1. The Bertz CT molecular complexity index is 1590. The Morgan fingerprint density at radius 1 is 1.11 bits per heavy atom. The van der Waals surface area contributed by atoms with Gasteiger partial charge in [-0.15, -0.1) is 11.3 Å². The lowest BCUT2D eigenvalue weighted by Gasteiger charge is -2.10. The van der Waals surface area contributed by atoms with Crippen LogP contribution in [-0.4, -0.2) is 46.0 Å². The molecule has 184 valence electrons. The number of methoxy groups -OCH3 is 2. The second-order valence-corrected chi connectivity index (χ2v) is 9.03. The summed E-state index contributed by atoms with van der Waals surface area (Å²) in [6, 6.07) is 5.20. The predicted octanol–water partition coefficient (Wildman–Crippen LogP) is 3.17. The second kappa shape index (κ2) is 8.99. The van der Waals surface area contributed by atoms with E-state index in [1.807, 2.05) is 0 Å². The molecule has 0 unspecified atom stereocenters. The zero-order valence-electron chi connectivity index (χ0n) is 20.1. The Balaban J connectivity index is 2.15. The molecule has 0 atom stereocenters. The number of H-pyrrole nitrogens is 1.